The maximum absolute atomic E-state index is 12.7. The van der Waals surface area contributed by atoms with Gasteiger partial charge in [-0.3, -0.25) is 4.79 Å². The van der Waals surface area contributed by atoms with Gasteiger partial charge in [0.1, 0.15) is 10.7 Å². The number of carbonyl (C=O) groups is 1. The highest BCUT2D eigenvalue weighted by atomic mass is 32.2. The van der Waals surface area contributed by atoms with Gasteiger partial charge in [0.2, 0.25) is 10.0 Å². The molecular formula is C18H19N3O4S. The summed E-state index contributed by atoms with van der Waals surface area (Å²) >= 11 is 0. The molecule has 0 saturated carbocycles. The Balaban J connectivity index is 1.90. The Labute approximate surface area is 152 Å². The maximum atomic E-state index is 12.7. The van der Waals surface area contributed by atoms with Crippen LogP contribution < -0.4 is 4.90 Å². The summed E-state index contributed by atoms with van der Waals surface area (Å²) in [5.41, 5.74) is 0.946. The van der Waals surface area contributed by atoms with Gasteiger partial charge in [0.05, 0.1) is 11.6 Å². The van der Waals surface area contributed by atoms with Crippen LogP contribution in [-0.4, -0.2) is 38.8 Å². The molecule has 7 nitrogen and oxygen atoms in total. The topological polar surface area (TPSA) is 94.6 Å². The molecule has 3 rings (SSSR count). The number of nitriles is 1. The SMILES string of the molecule is Cc1oc(C(=O)N(C)c2cccc(C#N)c2)cc1S(=O)(=O)N1CCCC1. The predicted molar refractivity (Wildman–Crippen MR) is 95.3 cm³/mol. The maximum Gasteiger partial charge on any atom is 0.293 e. The van der Waals surface area contributed by atoms with Crippen LogP contribution in [0.5, 0.6) is 0 Å². The van der Waals surface area contributed by atoms with Gasteiger partial charge in [0.15, 0.2) is 5.76 Å². The van der Waals surface area contributed by atoms with Crippen molar-refractivity contribution in [1.29, 1.82) is 5.26 Å². The van der Waals surface area contributed by atoms with E-state index in [0.717, 1.165) is 12.8 Å². The third-order valence-corrected chi connectivity index (χ3v) is 6.44. The molecule has 136 valence electrons. The molecular weight excluding hydrogens is 354 g/mol. The third-order valence-electron chi connectivity index (χ3n) is 4.43. The zero-order valence-electron chi connectivity index (χ0n) is 14.6. The van der Waals surface area contributed by atoms with Gasteiger partial charge < -0.3 is 9.32 Å². The van der Waals surface area contributed by atoms with E-state index in [1.54, 1.807) is 31.3 Å². The van der Waals surface area contributed by atoms with Crippen LogP contribution in [0.25, 0.3) is 0 Å². The number of furan rings is 1. The number of hydrogen-bond donors (Lipinski definition) is 0. The average molecular weight is 373 g/mol. The van der Waals surface area contributed by atoms with Crippen LogP contribution in [0, 0.1) is 18.3 Å². The van der Waals surface area contributed by atoms with Crippen LogP contribution in [0.15, 0.2) is 39.6 Å². The van der Waals surface area contributed by atoms with Gasteiger partial charge in [-0.1, -0.05) is 6.07 Å². The lowest BCUT2D eigenvalue weighted by molar-refractivity contribution is 0.0965. The lowest BCUT2D eigenvalue weighted by atomic mass is 10.2. The summed E-state index contributed by atoms with van der Waals surface area (Å²) in [5.74, 6) is -0.337. The molecule has 1 saturated heterocycles. The van der Waals surface area contributed by atoms with Crippen LogP contribution >= 0.6 is 0 Å². The summed E-state index contributed by atoms with van der Waals surface area (Å²) in [4.78, 5) is 14.1. The van der Waals surface area contributed by atoms with Gasteiger partial charge in [-0.05, 0) is 38.0 Å². The quantitative estimate of drug-likeness (QED) is 0.821. The molecule has 1 aliphatic rings. The van der Waals surface area contributed by atoms with E-state index in [9.17, 15) is 13.2 Å². The number of sulfonamides is 1. The fourth-order valence-corrected chi connectivity index (χ4v) is 4.64. The second-order valence-electron chi connectivity index (χ2n) is 6.17. The first-order valence-corrected chi connectivity index (χ1v) is 9.67. The van der Waals surface area contributed by atoms with Gasteiger partial charge in [-0.25, -0.2) is 8.42 Å². The molecule has 0 N–H and O–H groups in total. The minimum Gasteiger partial charge on any atom is -0.455 e. The molecule has 0 spiro atoms. The number of benzene rings is 1. The van der Waals surface area contributed by atoms with Crippen molar-refractivity contribution in [2.24, 2.45) is 0 Å². The average Bonchev–Trinajstić information content (AvgIpc) is 3.31. The first-order chi connectivity index (χ1) is 12.3. The first-order valence-electron chi connectivity index (χ1n) is 8.23. The van der Waals surface area contributed by atoms with Gasteiger partial charge in [0, 0.05) is 31.9 Å². The molecule has 26 heavy (non-hydrogen) atoms. The number of amides is 1. The molecule has 2 aromatic rings. The highest BCUT2D eigenvalue weighted by Crippen LogP contribution is 2.27. The predicted octanol–water partition coefficient (Wildman–Crippen LogP) is 2.52. The number of carbonyl (C=O) groups excluding carboxylic acids is 1. The lowest BCUT2D eigenvalue weighted by Crippen LogP contribution is -2.28. The van der Waals surface area contributed by atoms with Crippen molar-refractivity contribution < 1.29 is 17.6 Å². The largest absolute Gasteiger partial charge is 0.455 e. The monoisotopic (exact) mass is 373 g/mol. The molecule has 1 fully saturated rings. The normalized spacial score (nSPS) is 15.0. The smallest absolute Gasteiger partial charge is 0.293 e. The molecule has 0 atom stereocenters. The fourth-order valence-electron chi connectivity index (χ4n) is 2.96. The van der Waals surface area contributed by atoms with E-state index in [2.05, 4.69) is 0 Å². The Morgan fingerprint density at radius 1 is 1.27 bits per heavy atom. The molecule has 0 radical (unpaired) electrons. The minimum atomic E-state index is -3.66. The van der Waals surface area contributed by atoms with E-state index in [0.29, 0.717) is 24.3 Å². The van der Waals surface area contributed by atoms with Crippen molar-refractivity contribution in [3.63, 3.8) is 0 Å². The Morgan fingerprint density at radius 2 is 1.96 bits per heavy atom. The highest BCUT2D eigenvalue weighted by Gasteiger charge is 2.32. The van der Waals surface area contributed by atoms with Crippen molar-refractivity contribution in [3.05, 3.63) is 47.4 Å². The second kappa shape index (κ2) is 6.94. The minimum absolute atomic E-state index is 0.0296. The molecule has 0 unspecified atom stereocenters. The molecule has 8 heteroatoms. The summed E-state index contributed by atoms with van der Waals surface area (Å²) in [7, 11) is -2.11. The standard InChI is InChI=1S/C18H19N3O4S/c1-13-17(26(23,24)21-8-3-4-9-21)11-16(25-13)18(22)20(2)15-7-5-6-14(10-15)12-19/h5-7,10-11H,3-4,8-9H2,1-2H3. The van der Waals surface area contributed by atoms with Crippen molar-refractivity contribution in [1.82, 2.24) is 4.31 Å². The molecule has 1 aromatic carbocycles. The Morgan fingerprint density at radius 3 is 2.62 bits per heavy atom. The number of anilines is 1. The zero-order valence-corrected chi connectivity index (χ0v) is 15.4. The van der Waals surface area contributed by atoms with Crippen LogP contribution in [-0.2, 0) is 10.0 Å². The van der Waals surface area contributed by atoms with E-state index in [1.807, 2.05) is 6.07 Å². The Hall–Kier alpha value is -2.63. The molecule has 1 aliphatic heterocycles. The number of aryl methyl sites for hydroxylation is 1. The van der Waals surface area contributed by atoms with Crippen molar-refractivity contribution in [3.8, 4) is 6.07 Å². The summed E-state index contributed by atoms with van der Waals surface area (Å²) in [5, 5.41) is 8.99. The van der Waals surface area contributed by atoms with Crippen molar-refractivity contribution >= 4 is 21.6 Å². The molecule has 1 aromatic heterocycles. The summed E-state index contributed by atoms with van der Waals surface area (Å²) in [6.45, 7) is 2.50. The number of rotatable bonds is 4. The molecule has 0 aliphatic carbocycles. The second-order valence-corrected chi connectivity index (χ2v) is 8.07. The lowest BCUT2D eigenvalue weighted by Gasteiger charge is -2.16. The van der Waals surface area contributed by atoms with E-state index in [1.165, 1.54) is 22.2 Å². The third kappa shape index (κ3) is 3.23. The van der Waals surface area contributed by atoms with Crippen LogP contribution in [0.4, 0.5) is 5.69 Å². The Kier molecular flexibility index (Phi) is 4.85. The van der Waals surface area contributed by atoms with E-state index in [4.69, 9.17) is 9.68 Å². The highest BCUT2D eigenvalue weighted by molar-refractivity contribution is 7.89. The van der Waals surface area contributed by atoms with Crippen LogP contribution in [0.1, 0.15) is 34.7 Å². The van der Waals surface area contributed by atoms with Crippen LogP contribution in [0.2, 0.25) is 0 Å². The summed E-state index contributed by atoms with van der Waals surface area (Å²) in [6.07, 6.45) is 1.67. The fraction of sp³-hybridized carbons (Fsp3) is 0.333. The first kappa shape index (κ1) is 18.2. The summed E-state index contributed by atoms with van der Waals surface area (Å²) < 4.78 is 32.3. The van der Waals surface area contributed by atoms with E-state index in [-0.39, 0.29) is 16.4 Å². The molecule has 1 amide bonds. The number of hydrogen-bond acceptors (Lipinski definition) is 5. The van der Waals surface area contributed by atoms with Gasteiger partial charge >= 0.3 is 0 Å². The zero-order chi connectivity index (χ0) is 18.9. The van der Waals surface area contributed by atoms with E-state index < -0.39 is 15.9 Å². The van der Waals surface area contributed by atoms with Crippen LogP contribution in [0.3, 0.4) is 0 Å². The van der Waals surface area contributed by atoms with Gasteiger partial charge in [-0.2, -0.15) is 9.57 Å². The van der Waals surface area contributed by atoms with Crippen molar-refractivity contribution in [2.45, 2.75) is 24.7 Å². The summed E-state index contributed by atoms with van der Waals surface area (Å²) in [6, 6.07) is 9.89. The van der Waals surface area contributed by atoms with Crippen molar-refractivity contribution in [2.75, 3.05) is 25.0 Å². The van der Waals surface area contributed by atoms with E-state index >= 15 is 0 Å². The van der Waals surface area contributed by atoms with Gasteiger partial charge in [0.25, 0.3) is 5.91 Å². The number of nitrogens with zero attached hydrogens (tertiary/aromatic N) is 3. The molecule has 2 heterocycles. The Bertz CT molecular complexity index is 982. The molecule has 0 bridgehead atoms. The van der Waals surface area contributed by atoms with Gasteiger partial charge in [-0.15, -0.1) is 0 Å².